The van der Waals surface area contributed by atoms with Crippen LogP contribution in [0, 0.1) is 5.92 Å². The van der Waals surface area contributed by atoms with Gasteiger partial charge in [0.2, 0.25) is 0 Å². The lowest BCUT2D eigenvalue weighted by Crippen LogP contribution is -2.37. The molecular weight excluding hydrogens is 609 g/mol. The number of aromatic nitrogens is 1. The summed E-state index contributed by atoms with van der Waals surface area (Å²) in [5.74, 6) is 1.95. The van der Waals surface area contributed by atoms with Crippen molar-refractivity contribution in [3.8, 4) is 11.1 Å². The predicted molar refractivity (Wildman–Crippen MR) is 209 cm³/mol. The molecule has 8 aromatic rings. The van der Waals surface area contributed by atoms with E-state index in [1.807, 2.05) is 6.07 Å². The van der Waals surface area contributed by atoms with Gasteiger partial charge in [-0.3, -0.25) is 0 Å². The molecule has 2 atom stereocenters. The van der Waals surface area contributed by atoms with E-state index in [0.717, 1.165) is 29.2 Å². The molecule has 238 valence electrons. The quantitative estimate of drug-likeness (QED) is 0.205. The van der Waals surface area contributed by atoms with Crippen LogP contribution in [0.3, 0.4) is 0 Å². The molecule has 11 rings (SSSR count). The van der Waals surface area contributed by atoms with Gasteiger partial charge in [0.15, 0.2) is 5.84 Å². The summed E-state index contributed by atoms with van der Waals surface area (Å²) in [5, 5.41) is 11.6. The lowest BCUT2D eigenvalue weighted by atomic mass is 9.79. The van der Waals surface area contributed by atoms with Gasteiger partial charge < -0.3 is 9.72 Å². The highest BCUT2D eigenvalue weighted by Gasteiger charge is 2.38. The van der Waals surface area contributed by atoms with Gasteiger partial charge in [0, 0.05) is 43.8 Å². The van der Waals surface area contributed by atoms with Crippen LogP contribution in [0.5, 0.6) is 0 Å². The summed E-state index contributed by atoms with van der Waals surface area (Å²) in [4.78, 5) is 10.3. The summed E-state index contributed by atoms with van der Waals surface area (Å²) >= 11 is 0. The second-order valence-corrected chi connectivity index (χ2v) is 14.5. The molecule has 4 heteroatoms. The molecule has 0 bridgehead atoms. The number of hydrogen-bond acceptors (Lipinski definition) is 3. The van der Waals surface area contributed by atoms with Crippen LogP contribution in [0.4, 0.5) is 0 Å². The molecule has 1 aliphatic heterocycles. The molecule has 3 heterocycles. The molecule has 0 amide bonds. The van der Waals surface area contributed by atoms with Gasteiger partial charge in [0.1, 0.15) is 12.0 Å². The highest BCUT2D eigenvalue weighted by Crippen LogP contribution is 2.53. The van der Waals surface area contributed by atoms with Crippen LogP contribution < -0.4 is 5.32 Å². The third kappa shape index (κ3) is 3.71. The molecule has 50 heavy (non-hydrogen) atoms. The fourth-order valence-electron chi connectivity index (χ4n) is 9.16. The van der Waals surface area contributed by atoms with Crippen molar-refractivity contribution in [3.63, 3.8) is 0 Å². The van der Waals surface area contributed by atoms with Crippen molar-refractivity contribution in [2.75, 3.05) is 0 Å². The van der Waals surface area contributed by atoms with Crippen LogP contribution >= 0.6 is 0 Å². The van der Waals surface area contributed by atoms with Crippen LogP contribution in [0.25, 0.3) is 60.0 Å². The lowest BCUT2D eigenvalue weighted by Gasteiger charge is -2.28. The maximum atomic E-state index is 5.21. The van der Waals surface area contributed by atoms with Gasteiger partial charge in [-0.1, -0.05) is 147 Å². The van der Waals surface area contributed by atoms with Crippen molar-refractivity contribution in [3.05, 3.63) is 162 Å². The fourth-order valence-corrected chi connectivity index (χ4v) is 9.16. The standard InChI is InChI=1S/C46H34N4/c1-46(2)38-26-29(45-48-43(27-12-5-3-6-13-27)47-44(49-45)28-14-7-4-8-15-28)20-21-30(38)32-22-24-36-33(40(32)46)23-25-37-35-18-11-17-34-31-16-9-10-19-39(31)50(41(34)35)42(36)37/h3-14,16-26,28,45H,15H2,1-2H3,(H,47,48,49). The third-order valence-electron chi connectivity index (χ3n) is 11.5. The topological polar surface area (TPSA) is 41.2 Å². The van der Waals surface area contributed by atoms with Gasteiger partial charge in [-0.15, -0.1) is 0 Å². The van der Waals surface area contributed by atoms with E-state index in [0.29, 0.717) is 0 Å². The minimum atomic E-state index is -0.232. The van der Waals surface area contributed by atoms with Crippen LogP contribution in [0.1, 0.15) is 48.7 Å². The van der Waals surface area contributed by atoms with Crippen LogP contribution in [0.2, 0.25) is 0 Å². The van der Waals surface area contributed by atoms with Gasteiger partial charge in [-0.25, -0.2) is 9.98 Å². The number of hydrogen-bond donors (Lipinski definition) is 1. The SMILES string of the molecule is CC1(C)c2cc(C3N=C(c4ccccc4)N=C(C4C=CC=CC4)N3)ccc2-c2ccc3c(ccc4c5cccc6c7ccccc7n(c34)c65)c21. The van der Waals surface area contributed by atoms with Crippen molar-refractivity contribution >= 4 is 60.5 Å². The summed E-state index contributed by atoms with van der Waals surface area (Å²) in [5.41, 5.74) is 11.3. The Balaban J connectivity index is 1.07. The minimum Gasteiger partial charge on any atom is -0.348 e. The molecule has 2 aliphatic carbocycles. The first kappa shape index (κ1) is 27.9. The summed E-state index contributed by atoms with van der Waals surface area (Å²) < 4.78 is 2.52. The Hall–Kier alpha value is -6.00. The second-order valence-electron chi connectivity index (χ2n) is 14.5. The van der Waals surface area contributed by atoms with Gasteiger partial charge in [0.05, 0.1) is 16.6 Å². The van der Waals surface area contributed by atoms with E-state index in [9.17, 15) is 0 Å². The van der Waals surface area contributed by atoms with Crippen LogP contribution in [-0.4, -0.2) is 16.1 Å². The molecule has 2 unspecified atom stereocenters. The number of para-hydroxylation sites is 2. The first-order valence-corrected chi connectivity index (χ1v) is 17.7. The zero-order valence-corrected chi connectivity index (χ0v) is 28.0. The molecule has 1 N–H and O–H groups in total. The zero-order chi connectivity index (χ0) is 33.1. The fraction of sp³-hybridized carbons (Fsp3) is 0.130. The van der Waals surface area contributed by atoms with Gasteiger partial charge in [0.25, 0.3) is 0 Å². The zero-order valence-electron chi connectivity index (χ0n) is 28.0. The van der Waals surface area contributed by atoms with E-state index in [2.05, 4.69) is 157 Å². The van der Waals surface area contributed by atoms with E-state index >= 15 is 0 Å². The Kier molecular flexibility index (Phi) is 5.59. The van der Waals surface area contributed by atoms with Crippen molar-refractivity contribution in [2.24, 2.45) is 15.9 Å². The van der Waals surface area contributed by atoms with E-state index in [1.54, 1.807) is 0 Å². The molecular formula is C46H34N4. The molecule has 4 nitrogen and oxygen atoms in total. The third-order valence-corrected chi connectivity index (χ3v) is 11.5. The van der Waals surface area contributed by atoms with Crippen molar-refractivity contribution in [2.45, 2.75) is 31.8 Å². The molecule has 0 saturated heterocycles. The average molecular weight is 643 g/mol. The smallest absolute Gasteiger partial charge is 0.159 e. The number of amidine groups is 2. The molecule has 0 spiro atoms. The number of fused-ring (bicyclic) bond motifs is 12. The Morgan fingerprint density at radius 3 is 2.22 bits per heavy atom. The van der Waals surface area contributed by atoms with E-state index < -0.39 is 0 Å². The second kappa shape index (κ2) is 10.0. The number of aliphatic imine (C=N–C) groups is 2. The van der Waals surface area contributed by atoms with Crippen LogP contribution in [0.15, 0.2) is 150 Å². The maximum Gasteiger partial charge on any atom is 0.159 e. The molecule has 0 saturated carbocycles. The van der Waals surface area contributed by atoms with E-state index in [4.69, 9.17) is 9.98 Å². The van der Waals surface area contributed by atoms with Gasteiger partial charge in [-0.05, 0) is 45.7 Å². The number of allylic oxidation sites excluding steroid dienone is 3. The monoisotopic (exact) mass is 642 g/mol. The molecule has 0 radical (unpaired) electrons. The Bertz CT molecular complexity index is 2850. The summed E-state index contributed by atoms with van der Waals surface area (Å²) in [6.45, 7) is 4.79. The molecule has 2 aromatic heterocycles. The molecule has 0 fully saturated rings. The lowest BCUT2D eigenvalue weighted by molar-refractivity contribution is 0.632. The summed E-state index contributed by atoms with van der Waals surface area (Å²) in [6, 6.07) is 42.4. The van der Waals surface area contributed by atoms with Gasteiger partial charge >= 0.3 is 0 Å². The number of nitrogens with zero attached hydrogens (tertiary/aromatic N) is 3. The van der Waals surface area contributed by atoms with E-state index in [-0.39, 0.29) is 17.5 Å². The summed E-state index contributed by atoms with van der Waals surface area (Å²) in [6.07, 6.45) is 9.38. The van der Waals surface area contributed by atoms with E-state index in [1.165, 1.54) is 71.1 Å². The predicted octanol–water partition coefficient (Wildman–Crippen LogP) is 10.9. The van der Waals surface area contributed by atoms with Crippen LogP contribution in [-0.2, 0) is 5.41 Å². The number of rotatable bonds is 3. The first-order valence-electron chi connectivity index (χ1n) is 17.7. The van der Waals surface area contributed by atoms with Crippen molar-refractivity contribution in [1.29, 1.82) is 0 Å². The number of nitrogens with one attached hydrogen (secondary N) is 1. The van der Waals surface area contributed by atoms with Crippen molar-refractivity contribution < 1.29 is 0 Å². The van der Waals surface area contributed by atoms with Crippen molar-refractivity contribution in [1.82, 2.24) is 9.72 Å². The highest BCUT2D eigenvalue weighted by atomic mass is 15.2. The molecule has 6 aromatic carbocycles. The Morgan fingerprint density at radius 2 is 1.38 bits per heavy atom. The molecule has 3 aliphatic rings. The van der Waals surface area contributed by atoms with Gasteiger partial charge in [-0.2, -0.15) is 0 Å². The number of benzene rings is 6. The average Bonchev–Trinajstić information content (AvgIpc) is 3.78. The summed E-state index contributed by atoms with van der Waals surface area (Å²) in [7, 11) is 0. The first-order chi connectivity index (χ1) is 24.6. The Labute approximate surface area is 290 Å². The highest BCUT2D eigenvalue weighted by molar-refractivity contribution is 6.27. The maximum absolute atomic E-state index is 5.21. The Morgan fingerprint density at radius 1 is 0.680 bits per heavy atom. The largest absolute Gasteiger partial charge is 0.348 e. The minimum absolute atomic E-state index is 0.199. The normalized spacial score (nSPS) is 19.3.